The van der Waals surface area contributed by atoms with Crippen LogP contribution in [0.25, 0.3) is 0 Å². The lowest BCUT2D eigenvalue weighted by Crippen LogP contribution is -2.30. The minimum Gasteiger partial charge on any atom is -0.445 e. The topological polar surface area (TPSA) is 67.0 Å². The number of H-pyrrole nitrogens is 1. The number of rotatable bonds is 6. The quantitative estimate of drug-likeness (QED) is 0.855. The van der Waals surface area contributed by atoms with Gasteiger partial charge in [0.05, 0.1) is 6.04 Å². The molecule has 1 heterocycles. The Labute approximate surface area is 124 Å². The maximum absolute atomic E-state index is 11.9. The summed E-state index contributed by atoms with van der Waals surface area (Å²) in [6.45, 7) is 4.47. The fraction of sp³-hybridized carbons (Fsp3) is 0.375. The number of benzene rings is 1. The van der Waals surface area contributed by atoms with Gasteiger partial charge < -0.3 is 15.0 Å². The Morgan fingerprint density at radius 3 is 2.71 bits per heavy atom. The number of hydrogen-bond donors (Lipinski definition) is 2. The number of aromatic amines is 1. The molecule has 2 aromatic rings. The van der Waals surface area contributed by atoms with Crippen molar-refractivity contribution in [2.45, 2.75) is 32.9 Å². The molecular formula is C16H21N3O2. The Morgan fingerprint density at radius 2 is 2.10 bits per heavy atom. The molecule has 0 spiro atoms. The van der Waals surface area contributed by atoms with E-state index in [1.165, 1.54) is 0 Å². The molecule has 0 fully saturated rings. The third-order valence-electron chi connectivity index (χ3n) is 3.06. The summed E-state index contributed by atoms with van der Waals surface area (Å²) in [5.41, 5.74) is 0.964. The molecule has 1 unspecified atom stereocenters. The zero-order valence-electron chi connectivity index (χ0n) is 12.4. The minimum atomic E-state index is -0.430. The maximum atomic E-state index is 11.9. The molecule has 112 valence electrons. The van der Waals surface area contributed by atoms with Crippen LogP contribution in [0.3, 0.4) is 0 Å². The van der Waals surface area contributed by atoms with Crippen LogP contribution in [0.1, 0.15) is 37.7 Å². The number of imidazole rings is 1. The second kappa shape index (κ2) is 7.47. The van der Waals surface area contributed by atoms with Gasteiger partial charge in [0.1, 0.15) is 12.4 Å². The van der Waals surface area contributed by atoms with Crippen LogP contribution < -0.4 is 5.32 Å². The van der Waals surface area contributed by atoms with E-state index in [4.69, 9.17) is 4.74 Å². The van der Waals surface area contributed by atoms with E-state index in [0.717, 1.165) is 17.8 Å². The Morgan fingerprint density at radius 1 is 1.33 bits per heavy atom. The summed E-state index contributed by atoms with van der Waals surface area (Å²) < 4.78 is 5.25. The highest BCUT2D eigenvalue weighted by Gasteiger charge is 2.18. The first-order valence-corrected chi connectivity index (χ1v) is 7.11. The molecule has 1 aromatic carbocycles. The van der Waals surface area contributed by atoms with Crippen molar-refractivity contribution in [3.05, 3.63) is 54.1 Å². The zero-order valence-corrected chi connectivity index (χ0v) is 12.4. The predicted octanol–water partition coefficient (Wildman–Crippen LogP) is 3.42. The van der Waals surface area contributed by atoms with Crippen LogP contribution in [0.5, 0.6) is 0 Å². The van der Waals surface area contributed by atoms with Crippen molar-refractivity contribution in [1.82, 2.24) is 15.3 Å². The Hall–Kier alpha value is -2.30. The van der Waals surface area contributed by atoms with Crippen LogP contribution in [-0.2, 0) is 11.3 Å². The van der Waals surface area contributed by atoms with Gasteiger partial charge in [-0.25, -0.2) is 9.78 Å². The molecule has 1 amide bonds. The molecule has 1 atom stereocenters. The number of carbonyl (C=O) groups is 1. The summed E-state index contributed by atoms with van der Waals surface area (Å²) in [5, 5.41) is 2.87. The summed E-state index contributed by atoms with van der Waals surface area (Å²) in [5.74, 6) is 1.19. The number of carbonyl (C=O) groups excluding carboxylic acids is 1. The largest absolute Gasteiger partial charge is 0.445 e. The van der Waals surface area contributed by atoms with Gasteiger partial charge in [0.15, 0.2) is 0 Å². The predicted molar refractivity (Wildman–Crippen MR) is 80.5 cm³/mol. The third-order valence-corrected chi connectivity index (χ3v) is 3.06. The summed E-state index contributed by atoms with van der Waals surface area (Å²) in [7, 11) is 0. The van der Waals surface area contributed by atoms with Crippen molar-refractivity contribution >= 4 is 6.09 Å². The number of ether oxygens (including phenoxy) is 1. The second-order valence-electron chi connectivity index (χ2n) is 5.36. The molecule has 2 N–H and O–H groups in total. The Balaban J connectivity index is 1.89. The van der Waals surface area contributed by atoms with Gasteiger partial charge in [0.2, 0.25) is 0 Å². The first-order valence-electron chi connectivity index (χ1n) is 7.11. The molecule has 21 heavy (non-hydrogen) atoms. The highest BCUT2D eigenvalue weighted by atomic mass is 16.5. The lowest BCUT2D eigenvalue weighted by Gasteiger charge is -2.18. The number of alkyl carbamates (subject to hydrolysis) is 1. The summed E-state index contributed by atoms with van der Waals surface area (Å²) >= 11 is 0. The lowest BCUT2D eigenvalue weighted by molar-refractivity contribution is 0.134. The molecule has 0 radical (unpaired) electrons. The molecule has 0 saturated heterocycles. The Kier molecular flexibility index (Phi) is 5.37. The third kappa shape index (κ3) is 4.95. The van der Waals surface area contributed by atoms with Crippen LogP contribution in [0.4, 0.5) is 4.79 Å². The van der Waals surface area contributed by atoms with Crippen LogP contribution in [0.15, 0.2) is 42.7 Å². The maximum Gasteiger partial charge on any atom is 0.408 e. The van der Waals surface area contributed by atoms with Crippen molar-refractivity contribution in [1.29, 1.82) is 0 Å². The first kappa shape index (κ1) is 15.1. The van der Waals surface area contributed by atoms with E-state index in [1.54, 1.807) is 12.4 Å². The van der Waals surface area contributed by atoms with Crippen molar-refractivity contribution in [3.8, 4) is 0 Å². The van der Waals surface area contributed by atoms with Gasteiger partial charge in [0, 0.05) is 12.4 Å². The zero-order chi connectivity index (χ0) is 15.1. The molecule has 0 aliphatic heterocycles. The van der Waals surface area contributed by atoms with E-state index in [2.05, 4.69) is 29.1 Å². The van der Waals surface area contributed by atoms with Crippen LogP contribution in [0.2, 0.25) is 0 Å². The smallest absolute Gasteiger partial charge is 0.408 e. The molecular weight excluding hydrogens is 266 g/mol. The van der Waals surface area contributed by atoms with E-state index in [1.807, 2.05) is 30.3 Å². The molecule has 0 bridgehead atoms. The monoisotopic (exact) mass is 287 g/mol. The van der Waals surface area contributed by atoms with Gasteiger partial charge in [-0.1, -0.05) is 44.2 Å². The summed E-state index contributed by atoms with van der Waals surface area (Å²) in [6.07, 6.45) is 3.80. The fourth-order valence-corrected chi connectivity index (χ4v) is 2.09. The molecule has 0 saturated carbocycles. The van der Waals surface area contributed by atoms with Crippen molar-refractivity contribution < 1.29 is 9.53 Å². The highest BCUT2D eigenvalue weighted by Crippen LogP contribution is 2.18. The van der Waals surface area contributed by atoms with E-state index in [-0.39, 0.29) is 12.6 Å². The number of nitrogens with zero attached hydrogens (tertiary/aromatic N) is 1. The van der Waals surface area contributed by atoms with E-state index >= 15 is 0 Å². The first-order chi connectivity index (χ1) is 10.1. The molecule has 5 heteroatoms. The summed E-state index contributed by atoms with van der Waals surface area (Å²) in [4.78, 5) is 19.2. The lowest BCUT2D eigenvalue weighted by atomic mass is 10.0. The minimum absolute atomic E-state index is 0.164. The normalized spacial score (nSPS) is 12.1. The van der Waals surface area contributed by atoms with Crippen molar-refractivity contribution in [2.24, 2.45) is 5.92 Å². The van der Waals surface area contributed by atoms with Gasteiger partial charge in [-0.2, -0.15) is 0 Å². The molecule has 0 aliphatic rings. The number of amides is 1. The van der Waals surface area contributed by atoms with Gasteiger partial charge in [-0.05, 0) is 17.9 Å². The van der Waals surface area contributed by atoms with Gasteiger partial charge >= 0.3 is 6.09 Å². The second-order valence-corrected chi connectivity index (χ2v) is 5.36. The fourth-order valence-electron chi connectivity index (χ4n) is 2.09. The van der Waals surface area contributed by atoms with Crippen LogP contribution >= 0.6 is 0 Å². The highest BCUT2D eigenvalue weighted by molar-refractivity contribution is 5.67. The van der Waals surface area contributed by atoms with E-state index in [9.17, 15) is 4.79 Å². The van der Waals surface area contributed by atoms with Gasteiger partial charge in [0.25, 0.3) is 0 Å². The molecule has 0 aliphatic carbocycles. The standard InChI is InChI=1S/C16H21N3O2/c1-12(2)10-14(15-17-8-9-18-15)19-16(20)21-11-13-6-4-3-5-7-13/h3-9,12,14H,10-11H2,1-2H3,(H,17,18)(H,19,20). The van der Waals surface area contributed by atoms with E-state index < -0.39 is 6.09 Å². The average Bonchev–Trinajstić information content (AvgIpc) is 2.99. The van der Waals surface area contributed by atoms with Crippen LogP contribution in [-0.4, -0.2) is 16.1 Å². The number of aromatic nitrogens is 2. The van der Waals surface area contributed by atoms with Gasteiger partial charge in [-0.15, -0.1) is 0 Å². The van der Waals surface area contributed by atoms with Crippen molar-refractivity contribution in [2.75, 3.05) is 0 Å². The molecule has 5 nitrogen and oxygen atoms in total. The molecule has 2 rings (SSSR count). The van der Waals surface area contributed by atoms with E-state index in [0.29, 0.717) is 5.92 Å². The number of nitrogens with one attached hydrogen (secondary N) is 2. The Bertz CT molecular complexity index is 538. The van der Waals surface area contributed by atoms with Gasteiger partial charge in [-0.3, -0.25) is 0 Å². The number of hydrogen-bond acceptors (Lipinski definition) is 3. The summed E-state index contributed by atoms with van der Waals surface area (Å²) in [6, 6.07) is 9.45. The average molecular weight is 287 g/mol. The van der Waals surface area contributed by atoms with Crippen LogP contribution in [0, 0.1) is 5.92 Å². The molecule has 1 aromatic heterocycles. The SMILES string of the molecule is CC(C)CC(NC(=O)OCc1ccccc1)c1ncc[nH]1. The van der Waals surface area contributed by atoms with Crippen molar-refractivity contribution in [3.63, 3.8) is 0 Å².